The van der Waals surface area contributed by atoms with Gasteiger partial charge in [0.2, 0.25) is 0 Å². The minimum atomic E-state index is -1.05. The van der Waals surface area contributed by atoms with Gasteiger partial charge in [0.25, 0.3) is 0 Å². The molecule has 19 heavy (non-hydrogen) atoms. The summed E-state index contributed by atoms with van der Waals surface area (Å²) in [5.41, 5.74) is 0.0274. The van der Waals surface area contributed by atoms with E-state index in [1.807, 2.05) is 26.0 Å². The second-order valence-electron chi connectivity index (χ2n) is 4.48. The average Bonchev–Trinajstić information content (AvgIpc) is 2.39. The Labute approximate surface area is 112 Å². The Morgan fingerprint density at radius 1 is 1.37 bits per heavy atom. The fourth-order valence-electron chi connectivity index (χ4n) is 1.56. The van der Waals surface area contributed by atoms with E-state index in [-0.39, 0.29) is 18.1 Å². The molecule has 0 amide bonds. The Morgan fingerprint density at radius 3 is 2.74 bits per heavy atom. The highest BCUT2D eigenvalue weighted by molar-refractivity contribution is 5.89. The van der Waals surface area contributed by atoms with Crippen LogP contribution < -0.4 is 0 Å². The lowest BCUT2D eigenvalue weighted by molar-refractivity contribution is 0.0444. The second-order valence-corrected chi connectivity index (χ2v) is 4.48. The van der Waals surface area contributed by atoms with Gasteiger partial charge in [-0.3, -0.25) is 0 Å². The summed E-state index contributed by atoms with van der Waals surface area (Å²) in [4.78, 5) is 11.6. The van der Waals surface area contributed by atoms with Crippen LogP contribution in [0.1, 0.15) is 37.0 Å². The Morgan fingerprint density at radius 2 is 2.11 bits per heavy atom. The van der Waals surface area contributed by atoms with Crippen molar-refractivity contribution in [3.8, 4) is 0 Å². The van der Waals surface area contributed by atoms with E-state index in [1.165, 1.54) is 6.07 Å². The first-order valence-electron chi connectivity index (χ1n) is 6.28. The lowest BCUT2D eigenvalue weighted by Crippen LogP contribution is -2.12. The molecule has 0 heterocycles. The first kappa shape index (κ1) is 15.3. The lowest BCUT2D eigenvalue weighted by Gasteiger charge is -2.11. The number of hydrogen-bond donors (Lipinski definition) is 0. The van der Waals surface area contributed by atoms with Crippen molar-refractivity contribution in [1.82, 2.24) is 0 Å². The van der Waals surface area contributed by atoms with Crippen LogP contribution in [0.25, 0.3) is 0 Å². The van der Waals surface area contributed by atoms with Crippen LogP contribution in [-0.2, 0) is 4.74 Å². The molecule has 104 valence electrons. The smallest absolute Gasteiger partial charge is 0.338 e. The van der Waals surface area contributed by atoms with Gasteiger partial charge in [-0.25, -0.2) is 13.6 Å². The normalized spacial score (nSPS) is 12.6. The van der Waals surface area contributed by atoms with Crippen molar-refractivity contribution < 1.29 is 18.3 Å². The van der Waals surface area contributed by atoms with Crippen molar-refractivity contribution in [1.29, 1.82) is 0 Å². The maximum absolute atomic E-state index is 13.0. The molecule has 0 saturated heterocycles. The van der Waals surface area contributed by atoms with Gasteiger partial charge in [0.1, 0.15) is 0 Å². The van der Waals surface area contributed by atoms with Gasteiger partial charge in [-0.05, 0) is 43.9 Å². The van der Waals surface area contributed by atoms with Crippen molar-refractivity contribution in [2.24, 2.45) is 5.92 Å². The summed E-state index contributed by atoms with van der Waals surface area (Å²) < 4.78 is 30.7. The fraction of sp³-hybridized carbons (Fsp3) is 0.400. The van der Waals surface area contributed by atoms with Gasteiger partial charge in [0, 0.05) is 0 Å². The highest BCUT2D eigenvalue weighted by Crippen LogP contribution is 2.12. The predicted octanol–water partition coefficient (Wildman–Crippen LogP) is 4.11. The monoisotopic (exact) mass is 268 g/mol. The van der Waals surface area contributed by atoms with Gasteiger partial charge in [-0.1, -0.05) is 19.1 Å². The fourth-order valence-corrected chi connectivity index (χ4v) is 1.56. The highest BCUT2D eigenvalue weighted by Gasteiger charge is 2.12. The zero-order valence-electron chi connectivity index (χ0n) is 11.2. The van der Waals surface area contributed by atoms with Crippen LogP contribution in [-0.4, -0.2) is 12.6 Å². The van der Waals surface area contributed by atoms with E-state index in [1.54, 1.807) is 0 Å². The summed E-state index contributed by atoms with van der Waals surface area (Å²) in [6.07, 6.45) is 5.86. The number of carbonyl (C=O) groups excluding carboxylic acids is 1. The van der Waals surface area contributed by atoms with Gasteiger partial charge in [-0.15, -0.1) is 0 Å². The summed E-state index contributed by atoms with van der Waals surface area (Å²) in [5, 5.41) is 0. The Bertz CT molecular complexity index is 455. The number of rotatable bonds is 6. The zero-order chi connectivity index (χ0) is 14.3. The molecule has 0 N–H and O–H groups in total. The topological polar surface area (TPSA) is 26.3 Å². The summed E-state index contributed by atoms with van der Waals surface area (Å²) in [6, 6.07) is 2.98. The van der Waals surface area contributed by atoms with Crippen molar-refractivity contribution in [3.05, 3.63) is 47.5 Å². The minimum Gasteiger partial charge on any atom is -0.462 e. The number of ether oxygens (including phenoxy) is 1. The minimum absolute atomic E-state index is 0.0274. The maximum atomic E-state index is 13.0. The number of halogens is 2. The molecule has 0 fully saturated rings. The van der Waals surface area contributed by atoms with Crippen LogP contribution >= 0.6 is 0 Å². The Hall–Kier alpha value is -1.71. The molecule has 0 bridgehead atoms. The van der Waals surface area contributed by atoms with Crippen molar-refractivity contribution >= 4 is 5.97 Å². The molecule has 0 aliphatic carbocycles. The van der Waals surface area contributed by atoms with E-state index >= 15 is 0 Å². The quantitative estimate of drug-likeness (QED) is 0.573. The number of carbonyl (C=O) groups is 1. The van der Waals surface area contributed by atoms with Crippen LogP contribution in [0.2, 0.25) is 0 Å². The van der Waals surface area contributed by atoms with E-state index in [0.29, 0.717) is 0 Å². The van der Waals surface area contributed by atoms with Crippen LogP contribution in [0, 0.1) is 17.6 Å². The molecule has 0 aliphatic heterocycles. The number of esters is 1. The molecule has 0 aromatic heterocycles. The van der Waals surface area contributed by atoms with Crippen LogP contribution in [0.5, 0.6) is 0 Å². The van der Waals surface area contributed by atoms with E-state index < -0.39 is 17.6 Å². The van der Waals surface area contributed by atoms with E-state index in [0.717, 1.165) is 25.0 Å². The second kappa shape index (κ2) is 7.67. The molecule has 1 unspecified atom stereocenters. The maximum Gasteiger partial charge on any atom is 0.338 e. The highest BCUT2D eigenvalue weighted by atomic mass is 19.2. The number of allylic oxidation sites excluding steroid dienone is 2. The predicted molar refractivity (Wildman–Crippen MR) is 69.9 cm³/mol. The first-order valence-corrected chi connectivity index (χ1v) is 6.28. The molecule has 4 heteroatoms. The average molecular weight is 268 g/mol. The van der Waals surface area contributed by atoms with Gasteiger partial charge < -0.3 is 4.74 Å². The van der Waals surface area contributed by atoms with Crippen molar-refractivity contribution in [3.63, 3.8) is 0 Å². The molecule has 1 aromatic rings. The standard InChI is InChI=1S/C15H18F2O2/c1-3-4-5-6-11(2)10-19-15(18)12-7-8-13(16)14(17)9-12/h3-4,7-9,11H,5-6,10H2,1-2H3. The van der Waals surface area contributed by atoms with Crippen LogP contribution in [0.4, 0.5) is 8.78 Å². The van der Waals surface area contributed by atoms with E-state index in [2.05, 4.69) is 0 Å². The molecule has 0 aliphatic rings. The molecular formula is C15H18F2O2. The number of hydrogen-bond acceptors (Lipinski definition) is 2. The molecule has 0 spiro atoms. The molecule has 0 radical (unpaired) electrons. The largest absolute Gasteiger partial charge is 0.462 e. The van der Waals surface area contributed by atoms with Crippen LogP contribution in [0.3, 0.4) is 0 Å². The third kappa shape index (κ3) is 5.20. The van der Waals surface area contributed by atoms with Gasteiger partial charge in [0.15, 0.2) is 11.6 Å². The summed E-state index contributed by atoms with van der Waals surface area (Å²) >= 11 is 0. The summed E-state index contributed by atoms with van der Waals surface area (Å²) in [5.74, 6) is -2.42. The van der Waals surface area contributed by atoms with E-state index in [4.69, 9.17) is 4.74 Å². The third-order valence-corrected chi connectivity index (χ3v) is 2.72. The molecule has 2 nitrogen and oxygen atoms in total. The third-order valence-electron chi connectivity index (χ3n) is 2.72. The molecule has 0 saturated carbocycles. The zero-order valence-corrected chi connectivity index (χ0v) is 11.2. The SMILES string of the molecule is CC=CCCC(C)COC(=O)c1ccc(F)c(F)c1. The van der Waals surface area contributed by atoms with Crippen LogP contribution in [0.15, 0.2) is 30.4 Å². The van der Waals surface area contributed by atoms with Gasteiger partial charge in [-0.2, -0.15) is 0 Å². The molecule has 1 rings (SSSR count). The Balaban J connectivity index is 2.44. The summed E-state index contributed by atoms with van der Waals surface area (Å²) in [7, 11) is 0. The summed E-state index contributed by atoms with van der Waals surface area (Å²) in [6.45, 7) is 4.20. The van der Waals surface area contributed by atoms with Crippen molar-refractivity contribution in [2.45, 2.75) is 26.7 Å². The molecule has 1 atom stereocenters. The molecular weight excluding hydrogens is 250 g/mol. The number of benzene rings is 1. The lowest BCUT2D eigenvalue weighted by atomic mass is 10.1. The van der Waals surface area contributed by atoms with Gasteiger partial charge in [0.05, 0.1) is 12.2 Å². The first-order chi connectivity index (χ1) is 9.04. The van der Waals surface area contributed by atoms with Gasteiger partial charge >= 0.3 is 5.97 Å². The van der Waals surface area contributed by atoms with E-state index in [9.17, 15) is 13.6 Å². The molecule has 1 aromatic carbocycles. The van der Waals surface area contributed by atoms with Crippen molar-refractivity contribution in [2.75, 3.05) is 6.61 Å². The Kier molecular flexibility index (Phi) is 6.19.